The molecule has 0 N–H and O–H groups in total. The highest BCUT2D eigenvalue weighted by Gasteiger charge is 2.38. The van der Waals surface area contributed by atoms with Gasteiger partial charge in [0.1, 0.15) is 11.2 Å². The molecule has 0 radical (unpaired) electrons. The third kappa shape index (κ3) is 5.41. The third-order valence-corrected chi connectivity index (χ3v) is 6.83. The summed E-state index contributed by atoms with van der Waals surface area (Å²) >= 11 is 0. The molecule has 1 aliphatic rings. The summed E-state index contributed by atoms with van der Waals surface area (Å²) in [6, 6.07) is 10.9. The van der Waals surface area contributed by atoms with Gasteiger partial charge in [0, 0.05) is 49.5 Å². The molecule has 0 saturated carbocycles. The fraction of sp³-hybridized carbons (Fsp3) is 0.440. The van der Waals surface area contributed by atoms with Crippen molar-refractivity contribution in [2.45, 2.75) is 44.2 Å². The maximum atomic E-state index is 13.7. The number of rotatable bonds is 5. The van der Waals surface area contributed by atoms with Crippen LogP contribution in [0.4, 0.5) is 4.79 Å². The summed E-state index contributed by atoms with van der Waals surface area (Å²) in [6.07, 6.45) is 1.63. The van der Waals surface area contributed by atoms with Crippen molar-refractivity contribution in [3.63, 3.8) is 0 Å². The minimum Gasteiger partial charge on any atom is -0.444 e. The molecule has 3 heterocycles. The molecular weight excluding hydrogens is 484 g/mol. The Morgan fingerprint density at radius 3 is 2.47 bits per heavy atom. The van der Waals surface area contributed by atoms with E-state index in [0.717, 1.165) is 11.8 Å². The SMILES string of the molecule is CO[C@H]1CN(C(=O)OC(C)(C)C)C[C@@H]1Cn1c(=O)c(-c2ccccc2)cc2cnc(S(C)(=O)=O)nc21. The second-order valence-electron chi connectivity index (χ2n) is 9.96. The van der Waals surface area contributed by atoms with Gasteiger partial charge in [-0.3, -0.25) is 9.36 Å². The lowest BCUT2D eigenvalue weighted by atomic mass is 10.0. The molecule has 2 aromatic heterocycles. The van der Waals surface area contributed by atoms with Crippen molar-refractivity contribution in [2.75, 3.05) is 26.5 Å². The smallest absolute Gasteiger partial charge is 0.410 e. The lowest BCUT2D eigenvalue weighted by molar-refractivity contribution is 0.0251. The standard InChI is InChI=1S/C25H30N4O6S/c1-25(2,3)35-24(31)28-13-18(20(15-28)34-4)14-29-21-17(12-26-23(27-21)36(5,32)33)11-19(22(29)30)16-9-7-6-8-10-16/h6-12,18,20H,13-15H2,1-5H3/t18-,20+/m1/s1. The highest BCUT2D eigenvalue weighted by molar-refractivity contribution is 7.90. The van der Waals surface area contributed by atoms with Gasteiger partial charge in [-0.05, 0) is 32.4 Å². The van der Waals surface area contributed by atoms with Gasteiger partial charge in [0.2, 0.25) is 15.0 Å². The van der Waals surface area contributed by atoms with E-state index >= 15 is 0 Å². The van der Waals surface area contributed by atoms with Gasteiger partial charge in [0.05, 0.1) is 12.6 Å². The molecule has 0 spiro atoms. The monoisotopic (exact) mass is 514 g/mol. The van der Waals surface area contributed by atoms with Crippen LogP contribution < -0.4 is 5.56 Å². The quantitative estimate of drug-likeness (QED) is 0.477. The van der Waals surface area contributed by atoms with Crippen LogP contribution in [-0.2, 0) is 25.9 Å². The predicted molar refractivity (Wildman–Crippen MR) is 134 cm³/mol. The Morgan fingerprint density at radius 2 is 1.86 bits per heavy atom. The van der Waals surface area contributed by atoms with Crippen molar-refractivity contribution in [1.29, 1.82) is 0 Å². The number of ether oxygens (including phenoxy) is 2. The van der Waals surface area contributed by atoms with Gasteiger partial charge in [-0.15, -0.1) is 0 Å². The van der Waals surface area contributed by atoms with Crippen LogP contribution in [0.2, 0.25) is 0 Å². The lowest BCUT2D eigenvalue weighted by Gasteiger charge is -2.24. The molecule has 0 aliphatic carbocycles. The van der Waals surface area contributed by atoms with Gasteiger partial charge in [-0.2, -0.15) is 4.98 Å². The molecule has 11 heteroatoms. The zero-order valence-corrected chi connectivity index (χ0v) is 21.8. The summed E-state index contributed by atoms with van der Waals surface area (Å²) in [5.41, 5.74) is 0.400. The first-order chi connectivity index (χ1) is 16.9. The molecule has 0 unspecified atom stereocenters. The van der Waals surface area contributed by atoms with Crippen LogP contribution >= 0.6 is 0 Å². The Labute approximate surface area is 209 Å². The molecule has 192 valence electrons. The van der Waals surface area contributed by atoms with Crippen molar-refractivity contribution in [3.05, 3.63) is 52.9 Å². The number of likely N-dealkylation sites (tertiary alicyclic amines) is 1. The molecule has 1 fully saturated rings. The molecule has 2 atom stereocenters. The maximum absolute atomic E-state index is 13.7. The first kappa shape index (κ1) is 25.8. The molecule has 10 nitrogen and oxygen atoms in total. The number of amides is 1. The van der Waals surface area contributed by atoms with Crippen LogP contribution in [0.15, 0.2) is 52.5 Å². The molecule has 4 rings (SSSR count). The van der Waals surface area contributed by atoms with Crippen LogP contribution in [0.1, 0.15) is 20.8 Å². The molecule has 1 aromatic carbocycles. The molecule has 0 bridgehead atoms. The van der Waals surface area contributed by atoms with Gasteiger partial charge in [0.15, 0.2) is 0 Å². The van der Waals surface area contributed by atoms with Crippen molar-refractivity contribution < 1.29 is 22.7 Å². The second-order valence-corrected chi connectivity index (χ2v) is 11.9. The number of benzene rings is 1. The number of methoxy groups -OCH3 is 1. The normalized spacial score (nSPS) is 18.5. The van der Waals surface area contributed by atoms with E-state index in [1.54, 1.807) is 38.8 Å². The number of aromatic nitrogens is 3. The van der Waals surface area contributed by atoms with Gasteiger partial charge in [0.25, 0.3) is 5.56 Å². The largest absolute Gasteiger partial charge is 0.444 e. The van der Waals surface area contributed by atoms with E-state index in [1.165, 1.54) is 10.8 Å². The minimum atomic E-state index is -3.70. The Balaban J connectivity index is 1.80. The molecule has 1 aliphatic heterocycles. The highest BCUT2D eigenvalue weighted by atomic mass is 32.2. The van der Waals surface area contributed by atoms with E-state index in [4.69, 9.17) is 9.47 Å². The van der Waals surface area contributed by atoms with Gasteiger partial charge < -0.3 is 14.4 Å². The summed E-state index contributed by atoms with van der Waals surface area (Å²) in [4.78, 5) is 36.3. The summed E-state index contributed by atoms with van der Waals surface area (Å²) in [5.74, 6) is -0.258. The van der Waals surface area contributed by atoms with E-state index in [2.05, 4.69) is 9.97 Å². The number of hydrogen-bond donors (Lipinski definition) is 0. The number of fused-ring (bicyclic) bond motifs is 1. The van der Waals surface area contributed by atoms with E-state index in [1.807, 2.05) is 30.3 Å². The average molecular weight is 515 g/mol. The summed E-state index contributed by atoms with van der Waals surface area (Å²) < 4.78 is 36.9. The number of carbonyl (C=O) groups is 1. The Morgan fingerprint density at radius 1 is 1.17 bits per heavy atom. The van der Waals surface area contributed by atoms with E-state index in [9.17, 15) is 18.0 Å². The third-order valence-electron chi connectivity index (χ3n) is 5.97. The summed E-state index contributed by atoms with van der Waals surface area (Å²) in [5, 5.41) is 0.164. The zero-order valence-electron chi connectivity index (χ0n) is 21.0. The van der Waals surface area contributed by atoms with Crippen molar-refractivity contribution in [1.82, 2.24) is 19.4 Å². The molecule has 1 saturated heterocycles. The highest BCUT2D eigenvalue weighted by Crippen LogP contribution is 2.26. The number of pyridine rings is 1. The zero-order chi connectivity index (χ0) is 26.3. The topological polar surface area (TPSA) is 121 Å². The fourth-order valence-corrected chi connectivity index (χ4v) is 4.81. The summed E-state index contributed by atoms with van der Waals surface area (Å²) in [6.45, 7) is 6.17. The van der Waals surface area contributed by atoms with Crippen LogP contribution in [-0.4, -0.2) is 72.1 Å². The second kappa shape index (κ2) is 9.62. The molecular formula is C25H30N4O6S. The molecule has 1 amide bonds. The van der Waals surface area contributed by atoms with Crippen LogP contribution in [0, 0.1) is 5.92 Å². The summed E-state index contributed by atoms with van der Waals surface area (Å²) in [7, 11) is -2.14. The lowest BCUT2D eigenvalue weighted by Crippen LogP contribution is -2.36. The Hall–Kier alpha value is -3.31. The number of hydrogen-bond acceptors (Lipinski definition) is 8. The van der Waals surface area contributed by atoms with E-state index in [0.29, 0.717) is 24.0 Å². The first-order valence-corrected chi connectivity index (χ1v) is 13.4. The maximum Gasteiger partial charge on any atom is 0.410 e. The first-order valence-electron chi connectivity index (χ1n) is 11.5. The van der Waals surface area contributed by atoms with Crippen molar-refractivity contribution in [2.24, 2.45) is 5.92 Å². The van der Waals surface area contributed by atoms with E-state index < -0.39 is 21.5 Å². The fourth-order valence-electron chi connectivity index (χ4n) is 4.31. The minimum absolute atomic E-state index is 0.161. The number of carbonyl (C=O) groups excluding carboxylic acids is 1. The van der Waals surface area contributed by atoms with E-state index in [-0.39, 0.29) is 34.9 Å². The Kier molecular flexibility index (Phi) is 6.89. The van der Waals surface area contributed by atoms with Gasteiger partial charge >= 0.3 is 6.09 Å². The Bertz CT molecular complexity index is 1450. The van der Waals surface area contributed by atoms with Gasteiger partial charge in [-0.1, -0.05) is 30.3 Å². The number of sulfone groups is 1. The number of nitrogens with zero attached hydrogens (tertiary/aromatic N) is 4. The van der Waals surface area contributed by atoms with Crippen molar-refractivity contribution >= 4 is 27.0 Å². The molecule has 3 aromatic rings. The molecule has 36 heavy (non-hydrogen) atoms. The predicted octanol–water partition coefficient (Wildman–Crippen LogP) is 2.74. The van der Waals surface area contributed by atoms with Gasteiger partial charge in [-0.25, -0.2) is 18.2 Å². The average Bonchev–Trinajstić information content (AvgIpc) is 3.22. The van der Waals surface area contributed by atoms with Crippen LogP contribution in [0.25, 0.3) is 22.2 Å². The van der Waals surface area contributed by atoms with Crippen LogP contribution in [0.3, 0.4) is 0 Å². The van der Waals surface area contributed by atoms with Crippen molar-refractivity contribution in [3.8, 4) is 11.1 Å². The van der Waals surface area contributed by atoms with Crippen LogP contribution in [0.5, 0.6) is 0 Å².